The van der Waals surface area contributed by atoms with Gasteiger partial charge in [0.05, 0.1) is 19.2 Å². The Kier molecular flexibility index (Phi) is 9.67. The molecule has 4 heterocycles. The maximum Gasteiger partial charge on any atom is 0.236 e. The summed E-state index contributed by atoms with van der Waals surface area (Å²) in [6.45, 7) is 4.74. The summed E-state index contributed by atoms with van der Waals surface area (Å²) in [7, 11) is 1.76. The zero-order chi connectivity index (χ0) is 27.7. The molecule has 2 aromatic rings. The van der Waals surface area contributed by atoms with Crippen LogP contribution in [0.4, 0.5) is 5.69 Å². The number of hydrogen-bond acceptors (Lipinski definition) is 7. The van der Waals surface area contributed by atoms with Crippen molar-refractivity contribution in [2.24, 2.45) is 11.8 Å². The molecular weight excluding hydrogens is 506 g/mol. The number of carbonyl (C=O) groups is 2. The van der Waals surface area contributed by atoms with Gasteiger partial charge in [-0.3, -0.25) is 14.6 Å². The van der Waals surface area contributed by atoms with Crippen molar-refractivity contribution < 1.29 is 19.1 Å². The van der Waals surface area contributed by atoms with Gasteiger partial charge in [-0.2, -0.15) is 0 Å². The van der Waals surface area contributed by atoms with Crippen molar-refractivity contribution in [1.82, 2.24) is 20.5 Å². The first-order valence-corrected chi connectivity index (χ1v) is 14.4. The van der Waals surface area contributed by atoms with Crippen LogP contribution in [-0.4, -0.2) is 74.2 Å². The minimum atomic E-state index is 0.0262. The third-order valence-corrected chi connectivity index (χ3v) is 8.24. The van der Waals surface area contributed by atoms with E-state index in [1.807, 2.05) is 29.2 Å². The molecular formula is C31H41N5O4. The second-order valence-corrected chi connectivity index (χ2v) is 11.0. The van der Waals surface area contributed by atoms with Gasteiger partial charge in [0, 0.05) is 69.9 Å². The molecule has 2 N–H and O–H groups in total. The van der Waals surface area contributed by atoms with E-state index in [9.17, 15) is 9.59 Å². The highest BCUT2D eigenvalue weighted by molar-refractivity contribution is 5.79. The molecule has 2 fully saturated rings. The van der Waals surface area contributed by atoms with E-state index in [-0.39, 0.29) is 30.2 Å². The first-order valence-electron chi connectivity index (χ1n) is 14.4. The third kappa shape index (κ3) is 7.20. The summed E-state index contributed by atoms with van der Waals surface area (Å²) in [5.74, 6) is 1.21. The molecule has 2 amide bonds. The van der Waals surface area contributed by atoms with Crippen LogP contribution < -0.4 is 20.3 Å². The van der Waals surface area contributed by atoms with Crippen molar-refractivity contribution in [3.63, 3.8) is 0 Å². The molecule has 5 rings (SSSR count). The van der Waals surface area contributed by atoms with E-state index in [1.54, 1.807) is 19.5 Å². The molecule has 0 unspecified atom stereocenters. The van der Waals surface area contributed by atoms with Gasteiger partial charge in [0.1, 0.15) is 12.4 Å². The highest BCUT2D eigenvalue weighted by atomic mass is 16.5. The van der Waals surface area contributed by atoms with Crippen molar-refractivity contribution in [3.05, 3.63) is 66.0 Å². The van der Waals surface area contributed by atoms with Gasteiger partial charge < -0.3 is 29.9 Å². The van der Waals surface area contributed by atoms with Gasteiger partial charge in [0.25, 0.3) is 0 Å². The Morgan fingerprint density at radius 2 is 2.15 bits per heavy atom. The molecule has 0 aliphatic carbocycles. The third-order valence-electron chi connectivity index (χ3n) is 8.24. The smallest absolute Gasteiger partial charge is 0.236 e. The number of pyridine rings is 1. The predicted octanol–water partition coefficient (Wildman–Crippen LogP) is 2.91. The van der Waals surface area contributed by atoms with Crippen LogP contribution in [-0.2, 0) is 27.4 Å². The first kappa shape index (κ1) is 28.1. The van der Waals surface area contributed by atoms with E-state index in [2.05, 4.69) is 38.7 Å². The lowest BCUT2D eigenvalue weighted by Gasteiger charge is -2.37. The molecule has 3 atom stereocenters. The van der Waals surface area contributed by atoms with Crippen LogP contribution in [0.5, 0.6) is 5.75 Å². The number of nitrogens with one attached hydrogen (secondary N) is 2. The summed E-state index contributed by atoms with van der Waals surface area (Å²) in [4.78, 5) is 34.3. The molecule has 0 saturated carbocycles. The van der Waals surface area contributed by atoms with Crippen LogP contribution in [0.3, 0.4) is 0 Å². The Balaban J connectivity index is 1.25. The number of aromatic nitrogens is 1. The Morgan fingerprint density at radius 1 is 1.23 bits per heavy atom. The normalized spacial score (nSPS) is 24.2. The van der Waals surface area contributed by atoms with E-state index < -0.39 is 0 Å². The van der Waals surface area contributed by atoms with Gasteiger partial charge in [0.15, 0.2) is 0 Å². The van der Waals surface area contributed by atoms with Gasteiger partial charge in [0.2, 0.25) is 11.8 Å². The number of hydrogen-bond donors (Lipinski definition) is 2. The molecule has 9 heteroatoms. The summed E-state index contributed by atoms with van der Waals surface area (Å²) in [5, 5.41) is 6.38. The van der Waals surface area contributed by atoms with E-state index in [0.717, 1.165) is 49.3 Å². The van der Waals surface area contributed by atoms with Crippen molar-refractivity contribution in [2.45, 2.75) is 44.8 Å². The van der Waals surface area contributed by atoms with Crippen LogP contribution >= 0.6 is 0 Å². The minimum absolute atomic E-state index is 0.0262. The SMILES string of the molecule is COC[C@@H]1CCCN1c1ccc2c(c1)CNCC(=O)N1CC[C@@H](CC(=O)NCc3cccnc3)[C@@H](/C=C/CO2)C1. The second kappa shape index (κ2) is 13.8. The summed E-state index contributed by atoms with van der Waals surface area (Å²) in [6.07, 6.45) is 11.2. The summed E-state index contributed by atoms with van der Waals surface area (Å²) in [6, 6.07) is 10.6. The Morgan fingerprint density at radius 3 is 3.00 bits per heavy atom. The van der Waals surface area contributed by atoms with Crippen molar-refractivity contribution in [1.29, 1.82) is 0 Å². The number of fused-ring (bicyclic) bond motifs is 3. The molecule has 3 aliphatic heterocycles. The number of nitrogens with zero attached hydrogens (tertiary/aromatic N) is 3. The standard InChI is InChI=1S/C31H41N5O4/c1-39-22-28-7-3-12-36(28)27-8-9-29-26(15-27)19-33-20-31(38)35-13-10-24(25(21-35)6-4-14-40-29)16-30(37)34-18-23-5-2-11-32-17-23/h2,4-6,8-9,11,15,17,24-25,28,33H,3,7,10,12-14,16,18-22H2,1H3,(H,34,37)/b6-4+/t24-,25-,28-/m0/s1. The highest BCUT2D eigenvalue weighted by Crippen LogP contribution is 2.31. The summed E-state index contributed by atoms with van der Waals surface area (Å²) >= 11 is 0. The molecule has 40 heavy (non-hydrogen) atoms. The number of methoxy groups -OCH3 is 1. The van der Waals surface area contributed by atoms with E-state index in [1.165, 1.54) is 5.69 Å². The van der Waals surface area contributed by atoms with Crippen molar-refractivity contribution >= 4 is 17.5 Å². The largest absolute Gasteiger partial charge is 0.489 e. The maximum absolute atomic E-state index is 13.1. The highest BCUT2D eigenvalue weighted by Gasteiger charge is 2.31. The number of rotatable bonds is 7. The van der Waals surface area contributed by atoms with Crippen molar-refractivity contribution in [2.75, 3.05) is 51.4 Å². The van der Waals surface area contributed by atoms with Crippen LogP contribution in [0, 0.1) is 11.8 Å². The number of benzene rings is 1. The average molecular weight is 548 g/mol. The molecule has 3 aliphatic rings. The number of anilines is 1. The van der Waals surface area contributed by atoms with E-state index >= 15 is 0 Å². The molecule has 9 nitrogen and oxygen atoms in total. The fraction of sp³-hybridized carbons (Fsp3) is 0.516. The Hall–Kier alpha value is -3.43. The Labute approximate surface area is 236 Å². The number of amides is 2. The number of ether oxygens (including phenoxy) is 2. The molecule has 0 radical (unpaired) electrons. The zero-order valence-corrected chi connectivity index (χ0v) is 23.4. The molecule has 0 spiro atoms. The van der Waals surface area contributed by atoms with Gasteiger partial charge in [-0.15, -0.1) is 0 Å². The average Bonchev–Trinajstić information content (AvgIpc) is 3.44. The summed E-state index contributed by atoms with van der Waals surface area (Å²) < 4.78 is 11.7. The summed E-state index contributed by atoms with van der Waals surface area (Å²) in [5.41, 5.74) is 3.19. The first-order chi connectivity index (χ1) is 19.6. The molecule has 1 aromatic carbocycles. The van der Waals surface area contributed by atoms with E-state index in [0.29, 0.717) is 45.2 Å². The monoisotopic (exact) mass is 547 g/mol. The quantitative estimate of drug-likeness (QED) is 0.515. The fourth-order valence-corrected chi connectivity index (χ4v) is 6.09. The predicted molar refractivity (Wildman–Crippen MR) is 154 cm³/mol. The lowest BCUT2D eigenvalue weighted by atomic mass is 9.82. The van der Waals surface area contributed by atoms with Gasteiger partial charge in [-0.25, -0.2) is 0 Å². The topological polar surface area (TPSA) is 96.0 Å². The number of piperidine rings is 1. The zero-order valence-electron chi connectivity index (χ0n) is 23.4. The van der Waals surface area contributed by atoms with Gasteiger partial charge >= 0.3 is 0 Å². The van der Waals surface area contributed by atoms with Crippen LogP contribution in [0.2, 0.25) is 0 Å². The van der Waals surface area contributed by atoms with Crippen LogP contribution in [0.15, 0.2) is 54.9 Å². The second-order valence-electron chi connectivity index (χ2n) is 11.0. The molecule has 2 bridgehead atoms. The molecule has 1 aromatic heterocycles. The van der Waals surface area contributed by atoms with Gasteiger partial charge in [-0.1, -0.05) is 18.2 Å². The molecule has 214 valence electrons. The molecule has 2 saturated heterocycles. The minimum Gasteiger partial charge on any atom is -0.489 e. The lowest BCUT2D eigenvalue weighted by Crippen LogP contribution is -2.47. The fourth-order valence-electron chi connectivity index (χ4n) is 6.09. The van der Waals surface area contributed by atoms with Gasteiger partial charge in [-0.05, 0) is 60.9 Å². The number of carbonyl (C=O) groups excluding carboxylic acids is 2. The van der Waals surface area contributed by atoms with Crippen LogP contribution in [0.1, 0.15) is 36.8 Å². The van der Waals surface area contributed by atoms with Crippen LogP contribution in [0.25, 0.3) is 0 Å². The van der Waals surface area contributed by atoms with Crippen molar-refractivity contribution in [3.8, 4) is 5.75 Å². The maximum atomic E-state index is 13.1. The lowest BCUT2D eigenvalue weighted by molar-refractivity contribution is -0.132. The Bertz CT molecular complexity index is 1170. The van der Waals surface area contributed by atoms with E-state index in [4.69, 9.17) is 9.47 Å².